The van der Waals surface area contributed by atoms with Crippen molar-refractivity contribution < 1.29 is 32.3 Å². The molecule has 6 rings (SSSR count). The molecule has 0 radical (unpaired) electrons. The first-order valence-corrected chi connectivity index (χ1v) is 16.7. The number of benzene rings is 2. The van der Waals surface area contributed by atoms with Gasteiger partial charge in [-0.25, -0.2) is 9.59 Å². The lowest BCUT2D eigenvalue weighted by molar-refractivity contribution is -0.143. The summed E-state index contributed by atoms with van der Waals surface area (Å²) in [4.78, 5) is 47.8. The zero-order valence-corrected chi connectivity index (χ0v) is 27.6. The van der Waals surface area contributed by atoms with Crippen LogP contribution in [0.2, 0.25) is 5.02 Å². The highest BCUT2D eigenvalue weighted by Crippen LogP contribution is 2.40. The molecule has 1 atom stereocenters. The second-order valence-electron chi connectivity index (χ2n) is 13.2. The molecule has 2 aromatic carbocycles. The molecule has 0 aliphatic carbocycles. The number of hydrogen-bond donors (Lipinski definition) is 3. The molecule has 3 saturated heterocycles. The van der Waals surface area contributed by atoms with Crippen LogP contribution in [-0.4, -0.2) is 109 Å². The van der Waals surface area contributed by atoms with E-state index in [9.17, 15) is 27.6 Å². The number of alkyl halides is 3. The second-order valence-corrected chi connectivity index (χ2v) is 13.6. The number of nitrogens with two attached hydrogens (primary N) is 1. The van der Waals surface area contributed by atoms with E-state index < -0.39 is 41.1 Å². The SMILES string of the molecule is CN1CCC(N2CCN(C(=O)[C@@H](Cc3cc(Cl)c(N)c(C(F)(F)F)c3)OC(=O)N3CCC4(CC3)NC(=O)Nc3ccccc34)CC2)CC1. The van der Waals surface area contributed by atoms with Gasteiger partial charge in [-0.2, -0.15) is 13.2 Å². The summed E-state index contributed by atoms with van der Waals surface area (Å²) in [5.41, 5.74) is 4.96. The van der Waals surface area contributed by atoms with Gasteiger partial charge in [-0.1, -0.05) is 29.8 Å². The number of fused-ring (bicyclic) bond motifs is 2. The molecule has 4 heterocycles. The maximum atomic E-state index is 14.0. The fraction of sp³-hybridized carbons (Fsp3) is 0.545. The van der Waals surface area contributed by atoms with Gasteiger partial charge in [0.1, 0.15) is 0 Å². The summed E-state index contributed by atoms with van der Waals surface area (Å²) >= 11 is 6.10. The summed E-state index contributed by atoms with van der Waals surface area (Å²) in [6.45, 7) is 4.62. The Labute approximate surface area is 282 Å². The average molecular weight is 692 g/mol. The number of nitrogens with zero attached hydrogens (tertiary/aromatic N) is 4. The minimum absolute atomic E-state index is 0.0734. The minimum atomic E-state index is -4.77. The summed E-state index contributed by atoms with van der Waals surface area (Å²) < 4.78 is 47.2. The van der Waals surface area contributed by atoms with Crippen LogP contribution in [0.3, 0.4) is 0 Å². The summed E-state index contributed by atoms with van der Waals surface area (Å²) in [5.74, 6) is -0.471. The molecule has 15 heteroatoms. The highest BCUT2D eigenvalue weighted by atomic mass is 35.5. The number of piperidine rings is 2. The van der Waals surface area contributed by atoms with E-state index in [1.165, 1.54) is 11.0 Å². The molecule has 0 aromatic heterocycles. The highest BCUT2D eigenvalue weighted by molar-refractivity contribution is 6.33. The topological polar surface area (TPSA) is 123 Å². The van der Waals surface area contributed by atoms with Crippen molar-refractivity contribution in [3.8, 4) is 0 Å². The van der Waals surface area contributed by atoms with Crippen LogP contribution >= 0.6 is 11.6 Å². The predicted molar refractivity (Wildman–Crippen MR) is 175 cm³/mol. The lowest BCUT2D eigenvalue weighted by Gasteiger charge is -2.45. The smallest absolute Gasteiger partial charge is 0.418 e. The number of nitrogen functional groups attached to an aromatic ring is 1. The molecule has 2 aromatic rings. The van der Waals surface area contributed by atoms with Gasteiger partial charge in [-0.05, 0) is 69.6 Å². The third kappa shape index (κ3) is 7.15. The van der Waals surface area contributed by atoms with Crippen molar-refractivity contribution in [1.82, 2.24) is 24.9 Å². The number of nitrogens with one attached hydrogen (secondary N) is 2. The Kier molecular flexibility index (Phi) is 9.69. The summed E-state index contributed by atoms with van der Waals surface area (Å²) in [6, 6.07) is 9.73. The molecule has 48 heavy (non-hydrogen) atoms. The molecule has 0 saturated carbocycles. The summed E-state index contributed by atoms with van der Waals surface area (Å²) in [6.07, 6.45) is -4.30. The monoisotopic (exact) mass is 691 g/mol. The maximum absolute atomic E-state index is 14.0. The van der Waals surface area contributed by atoms with E-state index in [0.717, 1.165) is 37.6 Å². The Balaban J connectivity index is 1.17. The number of ether oxygens (including phenoxy) is 1. The van der Waals surface area contributed by atoms with E-state index in [4.69, 9.17) is 22.1 Å². The number of amides is 4. The van der Waals surface area contributed by atoms with Gasteiger partial charge in [0.2, 0.25) is 0 Å². The van der Waals surface area contributed by atoms with Gasteiger partial charge in [0.05, 0.1) is 21.8 Å². The van der Waals surface area contributed by atoms with Crippen molar-refractivity contribution in [1.29, 1.82) is 0 Å². The number of likely N-dealkylation sites (tertiary alicyclic amines) is 2. The predicted octanol–water partition coefficient (Wildman–Crippen LogP) is 4.35. The zero-order valence-electron chi connectivity index (χ0n) is 26.8. The normalized spacial score (nSPS) is 21.3. The van der Waals surface area contributed by atoms with Crippen LogP contribution in [0.4, 0.5) is 34.1 Å². The van der Waals surface area contributed by atoms with Gasteiger partial charge < -0.3 is 35.8 Å². The van der Waals surface area contributed by atoms with Gasteiger partial charge in [0.15, 0.2) is 6.10 Å². The molecule has 0 bridgehead atoms. The van der Waals surface area contributed by atoms with Crippen molar-refractivity contribution >= 4 is 41.0 Å². The Hall–Kier alpha value is -3.75. The Morgan fingerprint density at radius 2 is 1.69 bits per heavy atom. The first-order chi connectivity index (χ1) is 22.8. The maximum Gasteiger partial charge on any atom is 0.418 e. The van der Waals surface area contributed by atoms with Gasteiger partial charge in [-0.15, -0.1) is 0 Å². The summed E-state index contributed by atoms with van der Waals surface area (Å²) in [5, 5.41) is 5.54. The minimum Gasteiger partial charge on any atom is -0.436 e. The molecule has 4 amide bonds. The fourth-order valence-corrected chi connectivity index (χ4v) is 7.64. The first kappa shape index (κ1) is 34.1. The van der Waals surface area contributed by atoms with Gasteiger partial charge >= 0.3 is 18.3 Å². The zero-order chi connectivity index (χ0) is 34.2. The van der Waals surface area contributed by atoms with Crippen LogP contribution in [0.5, 0.6) is 0 Å². The fourth-order valence-electron chi connectivity index (χ4n) is 7.40. The van der Waals surface area contributed by atoms with Crippen molar-refractivity contribution in [3.63, 3.8) is 0 Å². The molecule has 4 aliphatic heterocycles. The molecule has 3 fully saturated rings. The lowest BCUT2D eigenvalue weighted by Crippen LogP contribution is -2.58. The number of carbonyl (C=O) groups is 3. The lowest BCUT2D eigenvalue weighted by atomic mass is 9.79. The van der Waals surface area contributed by atoms with Crippen LogP contribution < -0.4 is 16.4 Å². The van der Waals surface area contributed by atoms with Crippen molar-refractivity contribution in [2.24, 2.45) is 0 Å². The molecular formula is C33H41ClF3N7O4. The molecule has 1 spiro atoms. The van der Waals surface area contributed by atoms with Crippen LogP contribution in [0.15, 0.2) is 36.4 Å². The molecule has 0 unspecified atom stereocenters. The average Bonchev–Trinajstić information content (AvgIpc) is 3.06. The van der Waals surface area contributed by atoms with Gasteiger partial charge in [0, 0.05) is 63.0 Å². The van der Waals surface area contributed by atoms with Crippen LogP contribution in [0, 0.1) is 0 Å². The molecular weight excluding hydrogens is 651 g/mol. The van der Waals surface area contributed by atoms with E-state index in [1.807, 2.05) is 24.3 Å². The van der Waals surface area contributed by atoms with Crippen LogP contribution in [0.25, 0.3) is 0 Å². The van der Waals surface area contributed by atoms with E-state index in [2.05, 4.69) is 27.5 Å². The number of halogens is 4. The van der Waals surface area contributed by atoms with E-state index in [0.29, 0.717) is 50.7 Å². The second kappa shape index (κ2) is 13.6. The molecule has 4 N–H and O–H groups in total. The molecule has 4 aliphatic rings. The van der Waals surface area contributed by atoms with E-state index in [1.54, 1.807) is 4.90 Å². The van der Waals surface area contributed by atoms with Crippen molar-refractivity contribution in [2.75, 3.05) is 70.5 Å². The third-order valence-electron chi connectivity index (χ3n) is 10.2. The third-order valence-corrected chi connectivity index (χ3v) is 10.5. The summed E-state index contributed by atoms with van der Waals surface area (Å²) in [7, 11) is 2.10. The quantitative estimate of drug-likeness (QED) is 0.399. The van der Waals surface area contributed by atoms with Gasteiger partial charge in [0.25, 0.3) is 5.91 Å². The van der Waals surface area contributed by atoms with Crippen molar-refractivity contribution in [2.45, 2.75) is 56.0 Å². The molecule has 260 valence electrons. The van der Waals surface area contributed by atoms with E-state index >= 15 is 0 Å². The number of anilines is 2. The first-order valence-electron chi connectivity index (χ1n) is 16.3. The number of carbonyl (C=O) groups excluding carboxylic acids is 3. The van der Waals surface area contributed by atoms with Crippen molar-refractivity contribution in [3.05, 3.63) is 58.1 Å². The number of urea groups is 1. The number of hydrogen-bond acceptors (Lipinski definition) is 7. The molecule has 11 nitrogen and oxygen atoms in total. The Bertz CT molecular complexity index is 1540. The standard InChI is InChI=1S/C33H41ClF3N7O4/c1-41-10-6-22(7-11-41)42-14-16-43(17-15-42)29(45)27(20-21-18-24(33(35,36)37)28(38)25(34)19-21)48-31(47)44-12-8-32(9-13-44)23-4-2-3-5-26(23)39-30(46)40-32/h2-5,18-19,22,27H,6-17,20,38H2,1H3,(H2,39,40,46)/t27-/m1/s1. The number of rotatable bonds is 5. The van der Waals surface area contributed by atoms with Crippen LogP contribution in [0.1, 0.15) is 42.4 Å². The number of para-hydroxylation sites is 1. The Morgan fingerprint density at radius 3 is 2.35 bits per heavy atom. The van der Waals surface area contributed by atoms with Gasteiger partial charge in [-0.3, -0.25) is 9.69 Å². The largest absolute Gasteiger partial charge is 0.436 e. The Morgan fingerprint density at radius 1 is 1.02 bits per heavy atom. The van der Waals surface area contributed by atoms with E-state index in [-0.39, 0.29) is 36.1 Å². The highest BCUT2D eigenvalue weighted by Gasteiger charge is 2.44. The number of piperazine rings is 1. The van der Waals surface area contributed by atoms with Crippen LogP contribution in [-0.2, 0) is 27.7 Å².